The van der Waals surface area contributed by atoms with Crippen LogP contribution in [0.4, 0.5) is 0 Å². The van der Waals surface area contributed by atoms with Gasteiger partial charge < -0.3 is 15.8 Å². The van der Waals surface area contributed by atoms with Gasteiger partial charge in [-0.05, 0) is 50.9 Å². The van der Waals surface area contributed by atoms with E-state index in [-0.39, 0.29) is 0 Å². The summed E-state index contributed by atoms with van der Waals surface area (Å²) in [4.78, 5) is 4.61. The van der Waals surface area contributed by atoms with Crippen LogP contribution in [0.15, 0.2) is 4.99 Å². The van der Waals surface area contributed by atoms with Crippen molar-refractivity contribution >= 4 is 5.96 Å². The van der Waals surface area contributed by atoms with E-state index in [0.717, 1.165) is 38.5 Å². The average molecular weight is 312 g/mol. The molecule has 1 atom stereocenters. The molecule has 22 heavy (non-hydrogen) atoms. The van der Waals surface area contributed by atoms with E-state index in [4.69, 9.17) is 10.5 Å². The Kier molecular flexibility index (Phi) is 8.84. The molecular weight excluding hydrogens is 274 g/mol. The lowest BCUT2D eigenvalue weighted by Gasteiger charge is -2.40. The summed E-state index contributed by atoms with van der Waals surface area (Å²) in [5, 5.41) is 3.34. The normalized spacial score (nSPS) is 19.0. The number of nitrogens with one attached hydrogen (secondary N) is 1. The fourth-order valence-electron chi connectivity index (χ4n) is 3.05. The van der Waals surface area contributed by atoms with Crippen LogP contribution in [0.3, 0.4) is 0 Å². The Morgan fingerprint density at radius 2 is 2.00 bits per heavy atom. The summed E-state index contributed by atoms with van der Waals surface area (Å²) in [6.45, 7) is 11.3. The van der Waals surface area contributed by atoms with E-state index in [0.29, 0.717) is 17.4 Å². The van der Waals surface area contributed by atoms with Gasteiger partial charge in [0.25, 0.3) is 0 Å². The SMILES string of the molecule is CCOCCC1(CN=C(N)NC(C)CCCC(C)C)CCC1. The summed E-state index contributed by atoms with van der Waals surface area (Å²) < 4.78 is 5.50. The predicted octanol–water partition coefficient (Wildman–Crippen LogP) is 3.70. The molecule has 0 aliphatic heterocycles. The van der Waals surface area contributed by atoms with Crippen molar-refractivity contribution in [2.24, 2.45) is 22.1 Å². The highest BCUT2D eigenvalue weighted by molar-refractivity contribution is 5.78. The molecule has 4 heteroatoms. The first kappa shape index (κ1) is 19.3. The van der Waals surface area contributed by atoms with Gasteiger partial charge in [0, 0.05) is 25.8 Å². The molecule has 0 radical (unpaired) electrons. The maximum atomic E-state index is 6.05. The zero-order valence-electron chi connectivity index (χ0n) is 15.2. The lowest BCUT2D eigenvalue weighted by molar-refractivity contribution is 0.0609. The van der Waals surface area contributed by atoms with Crippen molar-refractivity contribution in [2.45, 2.75) is 78.7 Å². The van der Waals surface area contributed by atoms with E-state index in [2.05, 4.69) is 31.1 Å². The zero-order chi connectivity index (χ0) is 16.4. The molecular formula is C18H37N3O. The fourth-order valence-corrected chi connectivity index (χ4v) is 3.05. The Morgan fingerprint density at radius 1 is 1.27 bits per heavy atom. The average Bonchev–Trinajstić information content (AvgIpc) is 2.40. The third-order valence-corrected chi connectivity index (χ3v) is 4.79. The standard InChI is InChI=1S/C18H37N3O/c1-5-22-13-12-18(10-7-11-18)14-20-17(19)21-16(4)9-6-8-15(2)3/h15-16H,5-14H2,1-4H3,(H3,19,20,21). The quantitative estimate of drug-likeness (QED) is 0.347. The first-order valence-corrected chi connectivity index (χ1v) is 9.11. The summed E-state index contributed by atoms with van der Waals surface area (Å²) in [6, 6.07) is 0.406. The van der Waals surface area contributed by atoms with E-state index in [9.17, 15) is 0 Å². The Balaban J connectivity index is 2.28. The Bertz CT molecular complexity index is 324. The summed E-state index contributed by atoms with van der Waals surface area (Å²) in [5.74, 6) is 1.39. The van der Waals surface area contributed by atoms with Crippen LogP contribution in [0.2, 0.25) is 0 Å². The minimum atomic E-state index is 0.350. The van der Waals surface area contributed by atoms with E-state index >= 15 is 0 Å². The first-order valence-electron chi connectivity index (χ1n) is 9.11. The second-order valence-electron chi connectivity index (χ2n) is 7.37. The minimum Gasteiger partial charge on any atom is -0.382 e. The molecule has 1 rings (SSSR count). The van der Waals surface area contributed by atoms with Crippen LogP contribution in [0.25, 0.3) is 0 Å². The van der Waals surface area contributed by atoms with Crippen LogP contribution in [-0.2, 0) is 4.74 Å². The molecule has 0 aromatic heterocycles. The van der Waals surface area contributed by atoms with Gasteiger partial charge in [-0.2, -0.15) is 0 Å². The summed E-state index contributed by atoms with van der Waals surface area (Å²) >= 11 is 0. The molecule has 1 unspecified atom stereocenters. The van der Waals surface area contributed by atoms with Crippen molar-refractivity contribution < 1.29 is 4.74 Å². The minimum absolute atomic E-state index is 0.350. The number of nitrogens with zero attached hydrogens (tertiary/aromatic N) is 1. The highest BCUT2D eigenvalue weighted by atomic mass is 16.5. The van der Waals surface area contributed by atoms with E-state index < -0.39 is 0 Å². The van der Waals surface area contributed by atoms with Gasteiger partial charge in [-0.3, -0.25) is 4.99 Å². The van der Waals surface area contributed by atoms with Crippen LogP contribution in [0.5, 0.6) is 0 Å². The molecule has 0 heterocycles. The molecule has 0 bridgehead atoms. The third kappa shape index (κ3) is 7.48. The zero-order valence-corrected chi connectivity index (χ0v) is 15.2. The van der Waals surface area contributed by atoms with E-state index in [1.54, 1.807) is 0 Å². The predicted molar refractivity (Wildman–Crippen MR) is 95.2 cm³/mol. The van der Waals surface area contributed by atoms with Crippen molar-refractivity contribution in [1.29, 1.82) is 0 Å². The van der Waals surface area contributed by atoms with Crippen LogP contribution >= 0.6 is 0 Å². The van der Waals surface area contributed by atoms with Gasteiger partial charge in [0.1, 0.15) is 0 Å². The van der Waals surface area contributed by atoms with Gasteiger partial charge in [0.05, 0.1) is 0 Å². The van der Waals surface area contributed by atoms with Gasteiger partial charge in [-0.15, -0.1) is 0 Å². The lowest BCUT2D eigenvalue weighted by atomic mass is 9.67. The maximum Gasteiger partial charge on any atom is 0.188 e. The Morgan fingerprint density at radius 3 is 2.55 bits per heavy atom. The molecule has 1 aliphatic carbocycles. The van der Waals surface area contributed by atoms with Gasteiger partial charge in [0.15, 0.2) is 5.96 Å². The third-order valence-electron chi connectivity index (χ3n) is 4.79. The number of aliphatic imine (C=N–C) groups is 1. The number of rotatable bonds is 11. The number of hydrogen-bond acceptors (Lipinski definition) is 2. The maximum absolute atomic E-state index is 6.05. The molecule has 0 spiro atoms. The molecule has 4 nitrogen and oxygen atoms in total. The Hall–Kier alpha value is -0.770. The molecule has 1 fully saturated rings. The van der Waals surface area contributed by atoms with Crippen molar-refractivity contribution in [3.05, 3.63) is 0 Å². The van der Waals surface area contributed by atoms with E-state index in [1.165, 1.54) is 32.1 Å². The molecule has 3 N–H and O–H groups in total. The van der Waals surface area contributed by atoms with Crippen molar-refractivity contribution in [3.8, 4) is 0 Å². The summed E-state index contributed by atoms with van der Waals surface area (Å²) in [6.07, 6.45) is 8.65. The highest BCUT2D eigenvalue weighted by Crippen LogP contribution is 2.44. The van der Waals surface area contributed by atoms with Crippen LogP contribution in [0, 0.1) is 11.3 Å². The molecule has 0 amide bonds. The lowest BCUT2D eigenvalue weighted by Crippen LogP contribution is -2.40. The number of guanidine groups is 1. The van der Waals surface area contributed by atoms with Crippen LogP contribution in [0.1, 0.15) is 72.6 Å². The molecule has 1 saturated carbocycles. The largest absolute Gasteiger partial charge is 0.382 e. The van der Waals surface area contributed by atoms with Crippen molar-refractivity contribution in [1.82, 2.24) is 5.32 Å². The number of hydrogen-bond donors (Lipinski definition) is 2. The highest BCUT2D eigenvalue weighted by Gasteiger charge is 2.36. The van der Waals surface area contributed by atoms with Gasteiger partial charge in [-0.1, -0.05) is 33.1 Å². The second-order valence-corrected chi connectivity index (χ2v) is 7.37. The molecule has 1 aliphatic rings. The molecule has 130 valence electrons. The van der Waals surface area contributed by atoms with E-state index in [1.807, 2.05) is 6.92 Å². The summed E-state index contributed by atoms with van der Waals surface area (Å²) in [7, 11) is 0. The first-order chi connectivity index (χ1) is 10.5. The Labute approximate surface area is 137 Å². The van der Waals surface area contributed by atoms with Crippen LogP contribution in [-0.4, -0.2) is 31.8 Å². The smallest absolute Gasteiger partial charge is 0.188 e. The summed E-state index contributed by atoms with van der Waals surface area (Å²) in [5.41, 5.74) is 6.40. The molecule has 0 aromatic rings. The molecule has 0 saturated heterocycles. The van der Waals surface area contributed by atoms with Gasteiger partial charge in [-0.25, -0.2) is 0 Å². The molecule has 0 aromatic carbocycles. The van der Waals surface area contributed by atoms with Crippen molar-refractivity contribution in [3.63, 3.8) is 0 Å². The second kappa shape index (κ2) is 10.1. The van der Waals surface area contributed by atoms with Crippen molar-refractivity contribution in [2.75, 3.05) is 19.8 Å². The topological polar surface area (TPSA) is 59.6 Å². The van der Waals surface area contributed by atoms with Gasteiger partial charge in [0.2, 0.25) is 0 Å². The number of nitrogens with two attached hydrogens (primary N) is 1. The van der Waals surface area contributed by atoms with Gasteiger partial charge >= 0.3 is 0 Å². The van der Waals surface area contributed by atoms with Crippen LogP contribution < -0.4 is 11.1 Å². The number of ether oxygens (including phenoxy) is 1. The fraction of sp³-hybridized carbons (Fsp3) is 0.944. The monoisotopic (exact) mass is 311 g/mol.